The molecule has 1 fully saturated rings. The van der Waals surface area contributed by atoms with E-state index in [1.807, 2.05) is 0 Å². The molecule has 1 saturated heterocycles. The fourth-order valence-corrected chi connectivity index (χ4v) is 2.74. The molecular formula is C16H28N4. The lowest BCUT2D eigenvalue weighted by Crippen LogP contribution is -2.28. The molecule has 1 aliphatic heterocycles. The van der Waals surface area contributed by atoms with Crippen LogP contribution in [0.2, 0.25) is 0 Å². The quantitative estimate of drug-likeness (QED) is 0.861. The van der Waals surface area contributed by atoms with Crippen LogP contribution < -0.4 is 10.2 Å². The zero-order valence-electron chi connectivity index (χ0n) is 13.3. The predicted octanol–water partition coefficient (Wildman–Crippen LogP) is 1.97. The van der Waals surface area contributed by atoms with Gasteiger partial charge in [-0.15, -0.1) is 0 Å². The topological polar surface area (TPSA) is 31.4 Å². The van der Waals surface area contributed by atoms with Crippen LogP contribution in [0.1, 0.15) is 26.0 Å². The van der Waals surface area contributed by atoms with E-state index in [0.29, 0.717) is 6.04 Å². The molecule has 4 heteroatoms. The van der Waals surface area contributed by atoms with E-state index in [0.717, 1.165) is 30.5 Å². The zero-order chi connectivity index (χ0) is 14.5. The Morgan fingerprint density at radius 2 is 2.25 bits per heavy atom. The van der Waals surface area contributed by atoms with E-state index in [4.69, 9.17) is 4.98 Å². The minimum atomic E-state index is 0.493. The van der Waals surface area contributed by atoms with Crippen molar-refractivity contribution in [3.63, 3.8) is 0 Å². The first kappa shape index (κ1) is 15.3. The van der Waals surface area contributed by atoms with Crippen LogP contribution >= 0.6 is 0 Å². The molecule has 0 amide bonds. The third-order valence-corrected chi connectivity index (χ3v) is 3.90. The molecule has 20 heavy (non-hydrogen) atoms. The normalized spacial score (nSPS) is 19.8. The average Bonchev–Trinajstić information content (AvgIpc) is 2.82. The molecule has 0 bridgehead atoms. The molecule has 112 valence electrons. The summed E-state index contributed by atoms with van der Waals surface area (Å²) in [6.45, 7) is 8.69. The van der Waals surface area contributed by atoms with Crippen molar-refractivity contribution in [2.75, 3.05) is 38.6 Å². The SMILES string of the molecule is CC(C)NCc1cccc(N(C)CC2CCN(C)C2)n1. The standard InChI is InChI=1S/C16H28N4/c1-13(2)17-10-15-6-5-7-16(18-15)20(4)12-14-8-9-19(3)11-14/h5-7,13-14,17H,8-12H2,1-4H3. The average molecular weight is 276 g/mol. The Kier molecular flexibility index (Phi) is 5.38. The highest BCUT2D eigenvalue weighted by Crippen LogP contribution is 2.18. The summed E-state index contributed by atoms with van der Waals surface area (Å²) in [5, 5.41) is 3.42. The van der Waals surface area contributed by atoms with Crippen LogP contribution in [0.3, 0.4) is 0 Å². The third kappa shape index (κ3) is 4.46. The molecule has 2 heterocycles. The van der Waals surface area contributed by atoms with E-state index in [1.54, 1.807) is 0 Å². The fourth-order valence-electron chi connectivity index (χ4n) is 2.74. The summed E-state index contributed by atoms with van der Waals surface area (Å²) in [6.07, 6.45) is 1.30. The van der Waals surface area contributed by atoms with E-state index >= 15 is 0 Å². The van der Waals surface area contributed by atoms with Gasteiger partial charge >= 0.3 is 0 Å². The molecule has 0 aromatic carbocycles. The molecule has 1 aromatic rings. The Hall–Kier alpha value is -1.13. The number of nitrogens with one attached hydrogen (secondary N) is 1. The van der Waals surface area contributed by atoms with Gasteiger partial charge in [0.1, 0.15) is 5.82 Å². The van der Waals surface area contributed by atoms with Crippen LogP contribution in [0.5, 0.6) is 0 Å². The lowest BCUT2D eigenvalue weighted by atomic mass is 10.1. The first-order valence-electron chi connectivity index (χ1n) is 7.63. The number of aromatic nitrogens is 1. The van der Waals surface area contributed by atoms with E-state index in [1.165, 1.54) is 19.5 Å². The van der Waals surface area contributed by atoms with Gasteiger partial charge in [0.2, 0.25) is 0 Å². The maximum atomic E-state index is 4.76. The summed E-state index contributed by atoms with van der Waals surface area (Å²) in [7, 11) is 4.36. The second kappa shape index (κ2) is 7.04. The number of hydrogen-bond acceptors (Lipinski definition) is 4. The number of rotatable bonds is 6. The predicted molar refractivity (Wildman–Crippen MR) is 85.1 cm³/mol. The van der Waals surface area contributed by atoms with Gasteiger partial charge in [-0.05, 0) is 38.1 Å². The van der Waals surface area contributed by atoms with E-state index in [-0.39, 0.29) is 0 Å². The summed E-state index contributed by atoms with van der Waals surface area (Å²) in [4.78, 5) is 9.46. The van der Waals surface area contributed by atoms with Crippen molar-refractivity contribution < 1.29 is 0 Å². The molecule has 0 saturated carbocycles. The lowest BCUT2D eigenvalue weighted by Gasteiger charge is -2.22. The Morgan fingerprint density at radius 3 is 2.90 bits per heavy atom. The van der Waals surface area contributed by atoms with Gasteiger partial charge in [-0.25, -0.2) is 4.98 Å². The first-order chi connectivity index (χ1) is 9.54. The summed E-state index contributed by atoms with van der Waals surface area (Å²) >= 11 is 0. The van der Waals surface area contributed by atoms with Gasteiger partial charge in [-0.3, -0.25) is 0 Å². The number of pyridine rings is 1. The maximum Gasteiger partial charge on any atom is 0.128 e. The van der Waals surface area contributed by atoms with Crippen LogP contribution in [-0.4, -0.2) is 49.7 Å². The number of anilines is 1. The molecule has 1 atom stereocenters. The van der Waals surface area contributed by atoms with Crippen molar-refractivity contribution in [3.05, 3.63) is 23.9 Å². The third-order valence-electron chi connectivity index (χ3n) is 3.90. The smallest absolute Gasteiger partial charge is 0.128 e. The Morgan fingerprint density at radius 1 is 1.45 bits per heavy atom. The van der Waals surface area contributed by atoms with Gasteiger partial charge in [-0.1, -0.05) is 19.9 Å². The number of nitrogens with zero attached hydrogens (tertiary/aromatic N) is 3. The second-order valence-corrected chi connectivity index (χ2v) is 6.32. The molecule has 1 unspecified atom stereocenters. The van der Waals surface area contributed by atoms with Gasteiger partial charge in [0.25, 0.3) is 0 Å². The van der Waals surface area contributed by atoms with Crippen LogP contribution in [0.4, 0.5) is 5.82 Å². The van der Waals surface area contributed by atoms with E-state index < -0.39 is 0 Å². The molecule has 0 aliphatic carbocycles. The van der Waals surface area contributed by atoms with Crippen molar-refractivity contribution in [1.82, 2.24) is 15.2 Å². The minimum Gasteiger partial charge on any atom is -0.359 e. The molecule has 4 nitrogen and oxygen atoms in total. The summed E-state index contributed by atoms with van der Waals surface area (Å²) in [6, 6.07) is 6.80. The van der Waals surface area contributed by atoms with Crippen LogP contribution in [-0.2, 0) is 6.54 Å². The maximum absolute atomic E-state index is 4.76. The van der Waals surface area contributed by atoms with Crippen molar-refractivity contribution >= 4 is 5.82 Å². The van der Waals surface area contributed by atoms with Crippen LogP contribution in [0.25, 0.3) is 0 Å². The zero-order valence-corrected chi connectivity index (χ0v) is 13.3. The van der Waals surface area contributed by atoms with Gasteiger partial charge in [0, 0.05) is 32.7 Å². The van der Waals surface area contributed by atoms with E-state index in [9.17, 15) is 0 Å². The summed E-state index contributed by atoms with van der Waals surface area (Å²) in [5.74, 6) is 1.85. The fraction of sp³-hybridized carbons (Fsp3) is 0.688. The largest absolute Gasteiger partial charge is 0.359 e. The molecular weight excluding hydrogens is 248 g/mol. The summed E-state index contributed by atoms with van der Waals surface area (Å²) in [5.41, 5.74) is 1.12. The van der Waals surface area contributed by atoms with Gasteiger partial charge < -0.3 is 15.1 Å². The molecule has 1 N–H and O–H groups in total. The number of likely N-dealkylation sites (tertiary alicyclic amines) is 1. The van der Waals surface area contributed by atoms with Crippen molar-refractivity contribution in [2.24, 2.45) is 5.92 Å². The molecule has 0 radical (unpaired) electrons. The van der Waals surface area contributed by atoms with Gasteiger partial charge in [0.05, 0.1) is 5.69 Å². The van der Waals surface area contributed by atoms with Crippen molar-refractivity contribution in [3.8, 4) is 0 Å². The molecule has 1 aromatic heterocycles. The van der Waals surface area contributed by atoms with Crippen molar-refractivity contribution in [2.45, 2.75) is 32.9 Å². The Labute approximate surface area is 123 Å². The minimum absolute atomic E-state index is 0.493. The highest BCUT2D eigenvalue weighted by Gasteiger charge is 2.21. The second-order valence-electron chi connectivity index (χ2n) is 6.32. The van der Waals surface area contributed by atoms with Crippen LogP contribution in [0.15, 0.2) is 18.2 Å². The van der Waals surface area contributed by atoms with E-state index in [2.05, 4.69) is 61.3 Å². The monoisotopic (exact) mass is 276 g/mol. The highest BCUT2D eigenvalue weighted by atomic mass is 15.2. The van der Waals surface area contributed by atoms with Gasteiger partial charge in [-0.2, -0.15) is 0 Å². The Balaban J connectivity index is 1.92. The molecule has 1 aliphatic rings. The summed E-state index contributed by atoms with van der Waals surface area (Å²) < 4.78 is 0. The van der Waals surface area contributed by atoms with Crippen LogP contribution in [0, 0.1) is 5.92 Å². The highest BCUT2D eigenvalue weighted by molar-refractivity contribution is 5.38. The number of hydrogen-bond donors (Lipinski definition) is 1. The van der Waals surface area contributed by atoms with Gasteiger partial charge in [0.15, 0.2) is 0 Å². The Bertz CT molecular complexity index is 419. The molecule has 0 spiro atoms. The first-order valence-corrected chi connectivity index (χ1v) is 7.63. The van der Waals surface area contributed by atoms with Crippen molar-refractivity contribution in [1.29, 1.82) is 0 Å². The molecule has 2 rings (SSSR count). The lowest BCUT2D eigenvalue weighted by molar-refractivity contribution is 0.395.